The van der Waals surface area contributed by atoms with Crippen molar-refractivity contribution in [1.29, 1.82) is 0 Å². The molecular formula is C19H28N4O2. The highest BCUT2D eigenvalue weighted by Gasteiger charge is 2.26. The van der Waals surface area contributed by atoms with Gasteiger partial charge in [0.05, 0.1) is 0 Å². The van der Waals surface area contributed by atoms with Crippen LogP contribution >= 0.6 is 0 Å². The minimum Gasteiger partial charge on any atom is -0.354 e. The third kappa shape index (κ3) is 6.68. The van der Waals surface area contributed by atoms with Crippen LogP contribution in [0.2, 0.25) is 0 Å². The van der Waals surface area contributed by atoms with Crippen LogP contribution in [-0.2, 0) is 16.0 Å². The second-order valence-corrected chi connectivity index (χ2v) is 6.14. The van der Waals surface area contributed by atoms with E-state index in [4.69, 9.17) is 0 Å². The van der Waals surface area contributed by atoms with Crippen molar-refractivity contribution in [2.45, 2.75) is 12.8 Å². The Morgan fingerprint density at radius 2 is 1.44 bits per heavy atom. The van der Waals surface area contributed by atoms with E-state index in [1.807, 2.05) is 24.3 Å². The van der Waals surface area contributed by atoms with Gasteiger partial charge in [-0.2, -0.15) is 0 Å². The smallest absolute Gasteiger partial charge is 0.232 e. The molecule has 1 fully saturated rings. The number of nitrogens with one attached hydrogen (secondary N) is 4. The first-order valence-corrected chi connectivity index (χ1v) is 8.89. The molecule has 136 valence electrons. The van der Waals surface area contributed by atoms with Crippen LogP contribution in [0.1, 0.15) is 17.5 Å². The summed E-state index contributed by atoms with van der Waals surface area (Å²) < 4.78 is 0. The fourth-order valence-corrected chi connectivity index (χ4v) is 2.71. The van der Waals surface area contributed by atoms with Crippen molar-refractivity contribution >= 4 is 17.9 Å². The molecule has 6 heteroatoms. The molecule has 4 N–H and O–H groups in total. The van der Waals surface area contributed by atoms with E-state index in [-0.39, 0.29) is 11.8 Å². The molecule has 0 atom stereocenters. The first kappa shape index (κ1) is 19.1. The first-order valence-electron chi connectivity index (χ1n) is 8.89. The van der Waals surface area contributed by atoms with E-state index in [2.05, 4.69) is 27.8 Å². The minimum absolute atomic E-state index is 0.225. The van der Waals surface area contributed by atoms with Gasteiger partial charge in [-0.25, -0.2) is 0 Å². The predicted octanol–water partition coefficient (Wildman–Crippen LogP) is 0.304. The van der Waals surface area contributed by atoms with Crippen molar-refractivity contribution in [2.75, 3.05) is 39.3 Å². The first-order chi connectivity index (χ1) is 12.2. The Kier molecular flexibility index (Phi) is 8.15. The molecule has 0 radical (unpaired) electrons. The summed E-state index contributed by atoms with van der Waals surface area (Å²) in [6.07, 6.45) is 3.17. The molecule has 0 unspecified atom stereocenters. The maximum atomic E-state index is 12.5. The molecule has 1 aliphatic rings. The molecule has 0 saturated carbocycles. The SMILES string of the molecule is C=Cc1ccc(CC2C(=O)NCCNCCCNCCNC2=O)cc1. The van der Waals surface area contributed by atoms with E-state index >= 15 is 0 Å². The van der Waals surface area contributed by atoms with Crippen LogP contribution in [0.4, 0.5) is 0 Å². The molecule has 0 aromatic heterocycles. The molecule has 0 spiro atoms. The van der Waals surface area contributed by atoms with Gasteiger partial charge in [-0.05, 0) is 37.1 Å². The average molecular weight is 344 g/mol. The summed E-state index contributed by atoms with van der Waals surface area (Å²) in [5, 5.41) is 12.3. The van der Waals surface area contributed by atoms with Gasteiger partial charge < -0.3 is 21.3 Å². The average Bonchev–Trinajstić information content (AvgIpc) is 2.63. The molecule has 25 heavy (non-hydrogen) atoms. The highest BCUT2D eigenvalue weighted by atomic mass is 16.2. The summed E-state index contributed by atoms with van der Waals surface area (Å²) in [6.45, 7) is 8.00. The number of hydrogen-bond acceptors (Lipinski definition) is 4. The van der Waals surface area contributed by atoms with Crippen molar-refractivity contribution in [3.05, 3.63) is 42.0 Å². The lowest BCUT2D eigenvalue weighted by Gasteiger charge is -2.18. The third-order valence-electron chi connectivity index (χ3n) is 4.20. The Bertz CT molecular complexity index is 547. The summed E-state index contributed by atoms with van der Waals surface area (Å²) in [5.74, 6) is -1.17. The summed E-state index contributed by atoms with van der Waals surface area (Å²) in [7, 11) is 0. The largest absolute Gasteiger partial charge is 0.354 e. The van der Waals surface area contributed by atoms with Crippen LogP contribution in [0.3, 0.4) is 0 Å². The maximum Gasteiger partial charge on any atom is 0.232 e. The Morgan fingerprint density at radius 3 is 1.96 bits per heavy atom. The van der Waals surface area contributed by atoms with Gasteiger partial charge in [-0.1, -0.05) is 36.9 Å². The van der Waals surface area contributed by atoms with Crippen LogP contribution in [0, 0.1) is 5.92 Å². The van der Waals surface area contributed by atoms with Gasteiger partial charge in [-0.3, -0.25) is 9.59 Å². The highest BCUT2D eigenvalue weighted by molar-refractivity contribution is 6.00. The molecule has 1 heterocycles. The zero-order valence-corrected chi connectivity index (χ0v) is 14.6. The van der Waals surface area contributed by atoms with Crippen molar-refractivity contribution < 1.29 is 9.59 Å². The van der Waals surface area contributed by atoms with E-state index < -0.39 is 5.92 Å². The number of hydrogen-bond donors (Lipinski definition) is 4. The van der Waals surface area contributed by atoms with Crippen molar-refractivity contribution in [3.63, 3.8) is 0 Å². The molecule has 1 aromatic rings. The monoisotopic (exact) mass is 344 g/mol. The Balaban J connectivity index is 2.03. The predicted molar refractivity (Wildman–Crippen MR) is 100 cm³/mol. The lowest BCUT2D eigenvalue weighted by atomic mass is 9.96. The molecule has 0 aliphatic carbocycles. The van der Waals surface area contributed by atoms with Crippen LogP contribution in [0.15, 0.2) is 30.8 Å². The summed E-state index contributed by atoms with van der Waals surface area (Å²) in [6, 6.07) is 7.75. The van der Waals surface area contributed by atoms with E-state index in [0.29, 0.717) is 32.6 Å². The molecule has 0 bridgehead atoms. The fraction of sp³-hybridized carbons (Fsp3) is 0.474. The maximum absolute atomic E-state index is 12.5. The topological polar surface area (TPSA) is 82.3 Å². The molecule has 2 rings (SSSR count). The van der Waals surface area contributed by atoms with Crippen LogP contribution in [0.5, 0.6) is 0 Å². The molecule has 1 saturated heterocycles. The van der Waals surface area contributed by atoms with Gasteiger partial charge in [0.15, 0.2) is 0 Å². The van der Waals surface area contributed by atoms with Crippen molar-refractivity contribution in [3.8, 4) is 0 Å². The zero-order valence-electron chi connectivity index (χ0n) is 14.6. The summed E-state index contributed by atoms with van der Waals surface area (Å²) in [5.41, 5.74) is 1.97. The van der Waals surface area contributed by atoms with Gasteiger partial charge in [0.1, 0.15) is 5.92 Å². The Labute approximate surface area is 149 Å². The number of benzene rings is 1. The van der Waals surface area contributed by atoms with Gasteiger partial charge in [0, 0.05) is 26.2 Å². The number of amides is 2. The van der Waals surface area contributed by atoms with E-state index in [1.165, 1.54) is 0 Å². The molecule has 6 nitrogen and oxygen atoms in total. The molecular weight excluding hydrogens is 316 g/mol. The van der Waals surface area contributed by atoms with E-state index in [9.17, 15) is 9.59 Å². The standard InChI is InChI=1S/C19H28N4O2/c1-2-15-4-6-16(7-5-15)14-17-18(24)22-12-10-20-8-3-9-21-11-13-23-19(17)25/h2,4-7,17,20-21H,1,3,8-14H2,(H,22,24)(H,23,25). The second-order valence-electron chi connectivity index (χ2n) is 6.14. The van der Waals surface area contributed by atoms with Gasteiger partial charge in [0.25, 0.3) is 0 Å². The lowest BCUT2D eigenvalue weighted by Crippen LogP contribution is -2.46. The van der Waals surface area contributed by atoms with Gasteiger partial charge in [0.2, 0.25) is 11.8 Å². The van der Waals surface area contributed by atoms with Crippen LogP contribution in [0.25, 0.3) is 6.08 Å². The Hall–Kier alpha value is -2.18. The molecule has 1 aliphatic heterocycles. The number of carbonyl (C=O) groups excluding carboxylic acids is 2. The van der Waals surface area contributed by atoms with E-state index in [0.717, 1.165) is 30.6 Å². The number of carbonyl (C=O) groups is 2. The lowest BCUT2D eigenvalue weighted by molar-refractivity contribution is -0.135. The van der Waals surface area contributed by atoms with Gasteiger partial charge in [-0.15, -0.1) is 0 Å². The van der Waals surface area contributed by atoms with Crippen LogP contribution < -0.4 is 21.3 Å². The van der Waals surface area contributed by atoms with Crippen LogP contribution in [-0.4, -0.2) is 51.1 Å². The Morgan fingerprint density at radius 1 is 0.880 bits per heavy atom. The summed E-state index contributed by atoms with van der Waals surface area (Å²) >= 11 is 0. The zero-order chi connectivity index (χ0) is 17.9. The normalized spacial score (nSPS) is 18.7. The molecule has 1 aromatic carbocycles. The number of rotatable bonds is 3. The quantitative estimate of drug-likeness (QED) is 0.595. The molecule has 2 amide bonds. The second kappa shape index (κ2) is 10.6. The fourth-order valence-electron chi connectivity index (χ4n) is 2.71. The van der Waals surface area contributed by atoms with Gasteiger partial charge >= 0.3 is 0 Å². The van der Waals surface area contributed by atoms with Crippen molar-refractivity contribution in [1.82, 2.24) is 21.3 Å². The third-order valence-corrected chi connectivity index (χ3v) is 4.20. The minimum atomic E-state index is -0.725. The van der Waals surface area contributed by atoms with E-state index in [1.54, 1.807) is 6.08 Å². The highest BCUT2D eigenvalue weighted by Crippen LogP contribution is 2.12. The van der Waals surface area contributed by atoms with Crippen molar-refractivity contribution in [2.24, 2.45) is 5.92 Å². The summed E-state index contributed by atoms with van der Waals surface area (Å²) in [4.78, 5) is 25.0.